The number of hydrogen-bond donors (Lipinski definition) is 4. The molecule has 0 radical (unpaired) electrons. The maximum absolute atomic E-state index is 13.1. The Hall–Kier alpha value is -3.13. The van der Waals surface area contributed by atoms with Crippen LogP contribution in [0.2, 0.25) is 0 Å². The van der Waals surface area contributed by atoms with Crippen LogP contribution in [0, 0.1) is 11.7 Å². The summed E-state index contributed by atoms with van der Waals surface area (Å²) in [5.41, 5.74) is 8.08. The van der Waals surface area contributed by atoms with E-state index in [1.807, 2.05) is 6.92 Å². The predicted octanol–water partition coefficient (Wildman–Crippen LogP) is 4.71. The van der Waals surface area contributed by atoms with E-state index in [1.165, 1.54) is 12.1 Å². The average Bonchev–Trinajstić information content (AvgIpc) is 2.75. The number of unbranched alkanes of at least 4 members (excludes halogenated alkanes) is 1. The minimum absolute atomic E-state index is 0.139. The molecule has 0 saturated carbocycles. The number of anilines is 3. The molecule has 2 rings (SSSR count). The normalized spacial score (nSPS) is 11.5. The summed E-state index contributed by atoms with van der Waals surface area (Å²) in [7, 11) is 0. The summed E-state index contributed by atoms with van der Waals surface area (Å²) < 4.78 is 18.0. The minimum Gasteiger partial charge on any atom is -0.450 e. The Bertz CT molecular complexity index is 858. The van der Waals surface area contributed by atoms with Crippen LogP contribution in [0.1, 0.15) is 38.7 Å². The Morgan fingerprint density at radius 2 is 1.81 bits per heavy atom. The molecule has 2 amide bonds. The molecular formula is C23H31FN4O3. The van der Waals surface area contributed by atoms with E-state index >= 15 is 0 Å². The maximum Gasteiger partial charge on any atom is 0.411 e. The number of halogens is 1. The first kappa shape index (κ1) is 24.1. The van der Waals surface area contributed by atoms with Crippen LogP contribution in [0.3, 0.4) is 0 Å². The molecule has 0 bridgehead atoms. The van der Waals surface area contributed by atoms with Crippen molar-refractivity contribution in [3.8, 4) is 0 Å². The van der Waals surface area contributed by atoms with E-state index in [4.69, 9.17) is 10.5 Å². The molecule has 0 heterocycles. The third-order valence-electron chi connectivity index (χ3n) is 4.74. The predicted molar refractivity (Wildman–Crippen MR) is 122 cm³/mol. The van der Waals surface area contributed by atoms with E-state index in [-0.39, 0.29) is 24.2 Å². The molecular weight excluding hydrogens is 399 g/mol. The first-order chi connectivity index (χ1) is 14.9. The molecule has 1 atom stereocenters. The minimum atomic E-state index is -0.596. The lowest BCUT2D eigenvalue weighted by atomic mass is 10.0. The van der Waals surface area contributed by atoms with Crippen LogP contribution in [0.4, 0.5) is 26.2 Å². The Morgan fingerprint density at radius 3 is 2.48 bits per heavy atom. The molecule has 0 aliphatic rings. The zero-order valence-corrected chi connectivity index (χ0v) is 18.0. The van der Waals surface area contributed by atoms with Crippen LogP contribution in [-0.2, 0) is 16.1 Å². The van der Waals surface area contributed by atoms with E-state index in [2.05, 4.69) is 16.0 Å². The number of hydrogen-bond acceptors (Lipinski definition) is 5. The van der Waals surface area contributed by atoms with Crippen LogP contribution >= 0.6 is 0 Å². The van der Waals surface area contributed by atoms with E-state index in [0.29, 0.717) is 24.5 Å². The average molecular weight is 431 g/mol. The van der Waals surface area contributed by atoms with E-state index in [9.17, 15) is 14.0 Å². The number of carbonyl (C=O) groups is 2. The molecule has 0 spiro atoms. The summed E-state index contributed by atoms with van der Waals surface area (Å²) in [6.07, 6.45) is 1.88. The van der Waals surface area contributed by atoms with Crippen molar-refractivity contribution < 1.29 is 18.7 Å². The Kier molecular flexibility index (Phi) is 9.77. The summed E-state index contributed by atoms with van der Waals surface area (Å²) in [5.74, 6) is -0.624. The lowest BCUT2D eigenvalue weighted by molar-refractivity contribution is -0.119. The van der Waals surface area contributed by atoms with Gasteiger partial charge in [-0.3, -0.25) is 10.1 Å². The first-order valence-electron chi connectivity index (χ1n) is 10.5. The standard InChI is InChI=1S/C23H31FN4O3/c1-3-31-23(30)28-20-12-11-19(26-15-17-7-9-18(24)10-8-17)14-21(20)27-22(29)16(2)6-4-5-13-25/h7-12,14,16,26H,3-6,13,15,25H2,1-2H3,(H,27,29)(H,28,30). The number of benzene rings is 2. The number of rotatable bonds is 11. The van der Waals surface area contributed by atoms with Crippen molar-refractivity contribution in [3.63, 3.8) is 0 Å². The van der Waals surface area contributed by atoms with Gasteiger partial charge in [-0.1, -0.05) is 25.5 Å². The second-order valence-electron chi connectivity index (χ2n) is 7.26. The van der Waals surface area contributed by atoms with Crippen molar-refractivity contribution in [3.05, 3.63) is 53.8 Å². The molecule has 168 valence electrons. The van der Waals surface area contributed by atoms with Gasteiger partial charge in [0, 0.05) is 18.2 Å². The van der Waals surface area contributed by atoms with Gasteiger partial charge in [0.2, 0.25) is 5.91 Å². The lowest BCUT2D eigenvalue weighted by Crippen LogP contribution is -2.22. The molecule has 8 heteroatoms. The molecule has 2 aromatic carbocycles. The largest absolute Gasteiger partial charge is 0.450 e. The molecule has 0 aromatic heterocycles. The van der Waals surface area contributed by atoms with Gasteiger partial charge in [-0.25, -0.2) is 9.18 Å². The smallest absolute Gasteiger partial charge is 0.411 e. The van der Waals surface area contributed by atoms with Gasteiger partial charge in [0.15, 0.2) is 0 Å². The van der Waals surface area contributed by atoms with Crippen molar-refractivity contribution >= 4 is 29.1 Å². The molecule has 0 saturated heterocycles. The summed E-state index contributed by atoms with van der Waals surface area (Å²) in [6.45, 7) is 4.90. The number of amides is 2. The fourth-order valence-electron chi connectivity index (χ4n) is 2.93. The van der Waals surface area contributed by atoms with Crippen molar-refractivity contribution in [1.82, 2.24) is 0 Å². The second kappa shape index (κ2) is 12.5. The summed E-state index contributed by atoms with van der Waals surface area (Å²) >= 11 is 0. The molecule has 0 aliphatic heterocycles. The van der Waals surface area contributed by atoms with E-state index < -0.39 is 6.09 Å². The van der Waals surface area contributed by atoms with Gasteiger partial charge in [-0.2, -0.15) is 0 Å². The molecule has 2 aromatic rings. The Labute approximate surface area is 182 Å². The number of nitrogens with two attached hydrogens (primary N) is 1. The highest BCUT2D eigenvalue weighted by atomic mass is 19.1. The third kappa shape index (κ3) is 8.25. The Morgan fingerprint density at radius 1 is 1.06 bits per heavy atom. The van der Waals surface area contributed by atoms with E-state index in [0.717, 1.165) is 30.5 Å². The highest BCUT2D eigenvalue weighted by molar-refractivity contribution is 5.99. The summed E-state index contributed by atoms with van der Waals surface area (Å²) in [5, 5.41) is 8.79. The number of carbonyl (C=O) groups excluding carboxylic acids is 2. The first-order valence-corrected chi connectivity index (χ1v) is 10.5. The van der Waals surface area contributed by atoms with Crippen LogP contribution in [0.25, 0.3) is 0 Å². The maximum atomic E-state index is 13.1. The van der Waals surface area contributed by atoms with Crippen molar-refractivity contribution in [1.29, 1.82) is 0 Å². The van der Waals surface area contributed by atoms with Crippen LogP contribution in [0.15, 0.2) is 42.5 Å². The highest BCUT2D eigenvalue weighted by Crippen LogP contribution is 2.27. The molecule has 31 heavy (non-hydrogen) atoms. The topological polar surface area (TPSA) is 105 Å². The number of ether oxygens (including phenoxy) is 1. The van der Waals surface area contributed by atoms with Crippen LogP contribution in [0.5, 0.6) is 0 Å². The molecule has 0 aliphatic carbocycles. The van der Waals surface area contributed by atoms with Gasteiger partial charge < -0.3 is 21.1 Å². The lowest BCUT2D eigenvalue weighted by Gasteiger charge is -2.17. The third-order valence-corrected chi connectivity index (χ3v) is 4.74. The monoisotopic (exact) mass is 430 g/mol. The second-order valence-corrected chi connectivity index (χ2v) is 7.26. The van der Waals surface area contributed by atoms with Crippen molar-refractivity contribution in [2.75, 3.05) is 29.1 Å². The van der Waals surface area contributed by atoms with Gasteiger partial charge in [-0.15, -0.1) is 0 Å². The van der Waals surface area contributed by atoms with Crippen LogP contribution in [-0.4, -0.2) is 25.2 Å². The van der Waals surface area contributed by atoms with Gasteiger partial charge in [0.05, 0.1) is 18.0 Å². The van der Waals surface area contributed by atoms with Gasteiger partial charge >= 0.3 is 6.09 Å². The summed E-state index contributed by atoms with van der Waals surface area (Å²) in [6, 6.07) is 11.4. The van der Waals surface area contributed by atoms with Crippen molar-refractivity contribution in [2.45, 2.75) is 39.7 Å². The Balaban J connectivity index is 2.13. The van der Waals surface area contributed by atoms with E-state index in [1.54, 1.807) is 37.3 Å². The SMILES string of the molecule is CCOC(=O)Nc1ccc(NCc2ccc(F)cc2)cc1NC(=O)C(C)CCCCN. The zero-order chi connectivity index (χ0) is 22.6. The molecule has 1 unspecified atom stereocenters. The van der Waals surface area contributed by atoms with Gasteiger partial charge in [0.1, 0.15) is 5.82 Å². The fraction of sp³-hybridized carbons (Fsp3) is 0.391. The summed E-state index contributed by atoms with van der Waals surface area (Å²) in [4.78, 5) is 24.5. The zero-order valence-electron chi connectivity index (χ0n) is 18.0. The van der Waals surface area contributed by atoms with Gasteiger partial charge in [0.25, 0.3) is 0 Å². The van der Waals surface area contributed by atoms with Crippen LogP contribution < -0.4 is 21.7 Å². The molecule has 7 nitrogen and oxygen atoms in total. The van der Waals surface area contributed by atoms with Gasteiger partial charge in [-0.05, 0) is 62.2 Å². The number of nitrogens with one attached hydrogen (secondary N) is 3. The quantitative estimate of drug-likeness (QED) is 0.386. The highest BCUT2D eigenvalue weighted by Gasteiger charge is 2.16. The molecule has 5 N–H and O–H groups in total. The molecule has 0 fully saturated rings. The van der Waals surface area contributed by atoms with Crippen molar-refractivity contribution in [2.24, 2.45) is 11.7 Å². The fourth-order valence-corrected chi connectivity index (χ4v) is 2.93.